The molecule has 2 rings (SSSR count). The lowest BCUT2D eigenvalue weighted by atomic mass is 10.1. The summed E-state index contributed by atoms with van der Waals surface area (Å²) in [6, 6.07) is 5.85. The van der Waals surface area contributed by atoms with E-state index in [-0.39, 0.29) is 35.4 Å². The van der Waals surface area contributed by atoms with Gasteiger partial charge in [-0.3, -0.25) is 9.69 Å². The molecule has 2 N–H and O–H groups in total. The third-order valence-electron chi connectivity index (χ3n) is 5.63. The molecule has 140 valence electrons. The Morgan fingerprint density at radius 2 is 1.88 bits per heavy atom. The van der Waals surface area contributed by atoms with Crippen LogP contribution in [0.15, 0.2) is 24.3 Å². The molecule has 0 aliphatic carbocycles. The molecule has 1 saturated heterocycles. The third-order valence-corrected chi connectivity index (χ3v) is 10.1. The lowest BCUT2D eigenvalue weighted by Crippen LogP contribution is -2.49. The maximum Gasteiger partial charge on any atom is 0.192 e. The SMILES string of the molecule is CC(C)(C)[Si](C)(C)OCC1CCC(N)N1CC(=O)c1ccc(F)cc1. The molecule has 0 saturated carbocycles. The van der Waals surface area contributed by atoms with E-state index in [2.05, 4.69) is 33.9 Å². The average Bonchev–Trinajstić information content (AvgIpc) is 2.85. The second kappa shape index (κ2) is 7.66. The molecule has 1 aliphatic heterocycles. The Morgan fingerprint density at radius 1 is 1.28 bits per heavy atom. The van der Waals surface area contributed by atoms with Crippen molar-refractivity contribution in [1.82, 2.24) is 4.90 Å². The summed E-state index contributed by atoms with van der Waals surface area (Å²) in [6.07, 6.45) is 1.67. The maximum atomic E-state index is 13.0. The fourth-order valence-corrected chi connectivity index (χ4v) is 3.85. The van der Waals surface area contributed by atoms with Crippen molar-refractivity contribution in [2.24, 2.45) is 5.73 Å². The highest BCUT2D eigenvalue weighted by atomic mass is 28.4. The first kappa shape index (κ1) is 20.2. The molecular formula is C19H31FN2O2Si. The van der Waals surface area contributed by atoms with Crippen LogP contribution in [0.3, 0.4) is 0 Å². The van der Waals surface area contributed by atoms with Gasteiger partial charge in [-0.05, 0) is 55.2 Å². The first-order valence-electron chi connectivity index (χ1n) is 8.95. The number of Topliss-reactive ketones (excluding diaryl/α,β-unsaturated/α-hetero) is 1. The zero-order chi connectivity index (χ0) is 18.8. The molecule has 4 nitrogen and oxygen atoms in total. The second-order valence-corrected chi connectivity index (χ2v) is 13.3. The van der Waals surface area contributed by atoms with Gasteiger partial charge in [-0.2, -0.15) is 0 Å². The minimum atomic E-state index is -1.83. The minimum Gasteiger partial charge on any atom is -0.415 e. The summed E-state index contributed by atoms with van der Waals surface area (Å²) in [7, 11) is -1.83. The molecule has 2 unspecified atom stereocenters. The van der Waals surface area contributed by atoms with Crippen molar-refractivity contribution in [2.75, 3.05) is 13.2 Å². The Bertz CT molecular complexity index is 598. The highest BCUT2D eigenvalue weighted by molar-refractivity contribution is 6.74. The smallest absolute Gasteiger partial charge is 0.192 e. The summed E-state index contributed by atoms with van der Waals surface area (Å²) < 4.78 is 19.4. The highest BCUT2D eigenvalue weighted by Gasteiger charge is 2.39. The number of carbonyl (C=O) groups excluding carboxylic acids is 1. The average molecular weight is 367 g/mol. The molecule has 0 amide bonds. The molecule has 1 aliphatic rings. The van der Waals surface area contributed by atoms with Gasteiger partial charge in [-0.25, -0.2) is 4.39 Å². The number of nitrogens with two attached hydrogens (primary N) is 1. The Morgan fingerprint density at radius 3 is 2.44 bits per heavy atom. The van der Waals surface area contributed by atoms with Crippen LogP contribution in [0.4, 0.5) is 4.39 Å². The van der Waals surface area contributed by atoms with Crippen molar-refractivity contribution in [2.45, 2.75) is 64.0 Å². The fourth-order valence-electron chi connectivity index (χ4n) is 2.80. The van der Waals surface area contributed by atoms with Crippen molar-refractivity contribution in [1.29, 1.82) is 0 Å². The first-order valence-corrected chi connectivity index (χ1v) is 11.9. The van der Waals surface area contributed by atoms with E-state index in [0.29, 0.717) is 12.2 Å². The zero-order valence-corrected chi connectivity index (χ0v) is 17.0. The third kappa shape index (κ3) is 4.97. The van der Waals surface area contributed by atoms with Gasteiger partial charge in [0.15, 0.2) is 14.1 Å². The highest BCUT2D eigenvalue weighted by Crippen LogP contribution is 2.37. The summed E-state index contributed by atoms with van der Waals surface area (Å²) in [6.45, 7) is 12.0. The maximum absolute atomic E-state index is 13.0. The molecule has 0 spiro atoms. The van der Waals surface area contributed by atoms with Crippen LogP contribution in [0.5, 0.6) is 0 Å². The molecule has 25 heavy (non-hydrogen) atoms. The number of nitrogens with zero attached hydrogens (tertiary/aromatic N) is 1. The Hall–Kier alpha value is -1.08. The van der Waals surface area contributed by atoms with E-state index in [1.54, 1.807) is 0 Å². The van der Waals surface area contributed by atoms with Crippen molar-refractivity contribution < 1.29 is 13.6 Å². The van der Waals surface area contributed by atoms with Crippen LogP contribution in [0, 0.1) is 5.82 Å². The van der Waals surface area contributed by atoms with Gasteiger partial charge in [0.25, 0.3) is 0 Å². The van der Waals surface area contributed by atoms with Crippen molar-refractivity contribution in [3.63, 3.8) is 0 Å². The van der Waals surface area contributed by atoms with Gasteiger partial charge < -0.3 is 10.2 Å². The number of ketones is 1. The number of hydrogen-bond donors (Lipinski definition) is 1. The van der Waals surface area contributed by atoms with Crippen molar-refractivity contribution >= 4 is 14.1 Å². The molecule has 0 radical (unpaired) electrons. The van der Waals surface area contributed by atoms with Crippen LogP contribution in [-0.4, -0.2) is 44.4 Å². The lowest BCUT2D eigenvalue weighted by molar-refractivity contribution is 0.0836. The fraction of sp³-hybridized carbons (Fsp3) is 0.632. The molecule has 1 aromatic carbocycles. The molecule has 2 atom stereocenters. The molecule has 6 heteroatoms. The predicted octanol–water partition coefficient (Wildman–Crippen LogP) is 3.78. The summed E-state index contributed by atoms with van der Waals surface area (Å²) in [5, 5.41) is 0.155. The van der Waals surface area contributed by atoms with E-state index in [4.69, 9.17) is 10.2 Å². The predicted molar refractivity (Wildman–Crippen MR) is 102 cm³/mol. The number of halogens is 1. The lowest BCUT2D eigenvalue weighted by Gasteiger charge is -2.38. The Balaban J connectivity index is 2.00. The zero-order valence-electron chi connectivity index (χ0n) is 16.0. The summed E-state index contributed by atoms with van der Waals surface area (Å²) in [5.74, 6) is -0.371. The molecule has 1 fully saturated rings. The molecule has 1 aromatic rings. The largest absolute Gasteiger partial charge is 0.415 e. The van der Waals surface area contributed by atoms with Crippen LogP contribution in [-0.2, 0) is 4.43 Å². The summed E-state index contributed by atoms with van der Waals surface area (Å²) in [4.78, 5) is 14.6. The van der Waals surface area contributed by atoms with Crippen LogP contribution in [0.1, 0.15) is 44.0 Å². The summed E-state index contributed by atoms with van der Waals surface area (Å²) in [5.41, 5.74) is 6.73. The topological polar surface area (TPSA) is 55.6 Å². The van der Waals surface area contributed by atoms with Crippen LogP contribution < -0.4 is 5.73 Å². The minimum absolute atomic E-state index is 0.0327. The molecule has 1 heterocycles. The number of rotatable bonds is 6. The van der Waals surface area contributed by atoms with E-state index >= 15 is 0 Å². The second-order valence-electron chi connectivity index (χ2n) is 8.47. The van der Waals surface area contributed by atoms with Gasteiger partial charge in [0.2, 0.25) is 0 Å². The van der Waals surface area contributed by atoms with Gasteiger partial charge in [0.1, 0.15) is 5.82 Å². The monoisotopic (exact) mass is 366 g/mol. The number of carbonyl (C=O) groups is 1. The number of hydrogen-bond acceptors (Lipinski definition) is 4. The normalized spacial score (nSPS) is 22.4. The van der Waals surface area contributed by atoms with Crippen molar-refractivity contribution in [3.05, 3.63) is 35.6 Å². The summed E-state index contributed by atoms with van der Waals surface area (Å²) >= 11 is 0. The first-order chi connectivity index (χ1) is 11.5. The van der Waals surface area contributed by atoms with E-state index < -0.39 is 8.32 Å². The van der Waals surface area contributed by atoms with Gasteiger partial charge in [0, 0.05) is 18.2 Å². The van der Waals surface area contributed by atoms with Gasteiger partial charge in [-0.1, -0.05) is 20.8 Å². The Labute approximate surface area is 151 Å². The van der Waals surface area contributed by atoms with Crippen molar-refractivity contribution in [3.8, 4) is 0 Å². The van der Waals surface area contributed by atoms with E-state index in [1.165, 1.54) is 24.3 Å². The molecule has 0 bridgehead atoms. The standard InChI is InChI=1S/C19H31FN2O2Si/c1-19(2,3)25(4,5)24-13-16-10-11-18(21)22(16)12-17(23)14-6-8-15(20)9-7-14/h6-9,16,18H,10-13,21H2,1-5H3. The van der Waals surface area contributed by atoms with E-state index in [1.807, 2.05) is 4.90 Å². The number of likely N-dealkylation sites (tertiary alicyclic amines) is 1. The van der Waals surface area contributed by atoms with E-state index in [9.17, 15) is 9.18 Å². The molecule has 0 aromatic heterocycles. The quantitative estimate of drug-likeness (QED) is 0.615. The van der Waals surface area contributed by atoms with Crippen LogP contribution in [0.2, 0.25) is 18.1 Å². The Kier molecular flexibility index (Phi) is 6.20. The van der Waals surface area contributed by atoms with Gasteiger partial charge in [-0.15, -0.1) is 0 Å². The van der Waals surface area contributed by atoms with E-state index in [0.717, 1.165) is 12.8 Å². The number of benzene rings is 1. The van der Waals surface area contributed by atoms with Crippen LogP contribution in [0.25, 0.3) is 0 Å². The van der Waals surface area contributed by atoms with Gasteiger partial charge in [0.05, 0.1) is 12.7 Å². The van der Waals surface area contributed by atoms with Gasteiger partial charge >= 0.3 is 0 Å². The molecular weight excluding hydrogens is 335 g/mol. The van der Waals surface area contributed by atoms with Crippen LogP contribution >= 0.6 is 0 Å².